The van der Waals surface area contributed by atoms with Crippen LogP contribution in [-0.4, -0.2) is 152 Å². The van der Waals surface area contributed by atoms with E-state index in [2.05, 4.69) is 116 Å². The second-order valence-electron chi connectivity index (χ2n) is 19.4. The Bertz CT molecular complexity index is 1310. The van der Waals surface area contributed by atoms with Crippen LogP contribution in [0.1, 0.15) is 123 Å². The van der Waals surface area contributed by atoms with E-state index in [1.807, 2.05) is 6.92 Å². The average Bonchev–Trinajstić information content (AvgIpc) is 3.13. The second kappa shape index (κ2) is 33.2. The van der Waals surface area contributed by atoms with Crippen molar-refractivity contribution in [2.45, 2.75) is 201 Å². The molecule has 64 heavy (non-hydrogen) atoms. The number of carbonyl (C=O) groups is 5. The number of rotatable bonds is 23. The number of aliphatic hydroxyl groups excluding tert-OH is 4. The molecule has 0 spiro atoms. The molecule has 0 aliphatic heterocycles. The molecule has 4 atom stereocenters. The topological polar surface area (TPSA) is 240 Å². The third-order valence-corrected chi connectivity index (χ3v) is 24.3. The number of esters is 5. The summed E-state index contributed by atoms with van der Waals surface area (Å²) in [6.45, 7) is 42.6. The highest BCUT2D eigenvalue weighted by atomic mass is 28.4. The van der Waals surface area contributed by atoms with Crippen LogP contribution in [0.15, 0.2) is 0 Å². The fourth-order valence-corrected chi connectivity index (χ4v) is 7.69. The zero-order valence-electron chi connectivity index (χ0n) is 43.4. The molecule has 0 radical (unpaired) electrons. The Hall–Kier alpha value is -2.28. The van der Waals surface area contributed by atoms with E-state index in [1.165, 1.54) is 0 Å². The van der Waals surface area contributed by atoms with Gasteiger partial charge in [0.2, 0.25) is 0 Å². The summed E-state index contributed by atoms with van der Waals surface area (Å²) in [5.74, 6) is -2.41. The summed E-state index contributed by atoms with van der Waals surface area (Å²) in [5.41, 5.74) is 0. The lowest BCUT2D eigenvalue weighted by Gasteiger charge is -2.41. The Labute approximate surface area is 389 Å². The van der Waals surface area contributed by atoms with Gasteiger partial charge in [0, 0.05) is 0 Å². The van der Waals surface area contributed by atoms with Crippen LogP contribution < -0.4 is 0 Å². The molecule has 0 fully saturated rings. The van der Waals surface area contributed by atoms with Gasteiger partial charge in [0.15, 0.2) is 31.1 Å². The van der Waals surface area contributed by atoms with E-state index >= 15 is 0 Å². The van der Waals surface area contributed by atoms with Crippen molar-refractivity contribution in [3.05, 3.63) is 0 Å². The second-order valence-corrected chi connectivity index (χ2v) is 33.7. The quantitative estimate of drug-likeness (QED) is 0.0466. The number of carbonyl (C=O) groups excluding carboxylic acids is 5. The Morgan fingerprint density at radius 3 is 1.08 bits per heavy atom. The minimum atomic E-state index is -1.97. The van der Waals surface area contributed by atoms with Gasteiger partial charge in [0.1, 0.15) is 0 Å². The van der Waals surface area contributed by atoms with E-state index in [0.29, 0.717) is 26.4 Å². The minimum Gasteiger partial charge on any atom is -0.466 e. The van der Waals surface area contributed by atoms with Crippen molar-refractivity contribution in [3.63, 3.8) is 0 Å². The van der Waals surface area contributed by atoms with Crippen LogP contribution in [-0.2, 0) is 60.9 Å². The van der Waals surface area contributed by atoms with Crippen LogP contribution in [0.3, 0.4) is 0 Å². The molecule has 0 heterocycles. The van der Waals surface area contributed by atoms with Crippen LogP contribution in [0.4, 0.5) is 0 Å². The van der Waals surface area contributed by atoms with Gasteiger partial charge >= 0.3 is 29.8 Å². The van der Waals surface area contributed by atoms with E-state index in [0.717, 1.165) is 0 Å². The molecule has 0 amide bonds. The van der Waals surface area contributed by atoms with Gasteiger partial charge in [-0.2, -0.15) is 0 Å². The van der Waals surface area contributed by atoms with Crippen molar-refractivity contribution < 1.29 is 81.4 Å². The van der Waals surface area contributed by atoms with E-state index in [9.17, 15) is 29.1 Å². The maximum Gasteiger partial charge on any atom is 0.335 e. The van der Waals surface area contributed by atoms with Crippen molar-refractivity contribution in [2.75, 3.05) is 52.9 Å². The Morgan fingerprint density at radius 2 is 0.766 bits per heavy atom. The number of ether oxygens (including phenoxy) is 5. The summed E-state index contributed by atoms with van der Waals surface area (Å²) in [5, 5.41) is 35.6. The third kappa shape index (κ3) is 32.4. The lowest BCUT2D eigenvalue weighted by atomic mass is 10.2. The van der Waals surface area contributed by atoms with Gasteiger partial charge < -0.3 is 57.4 Å². The Balaban J connectivity index is -0.000000395. The molecular weight excluding hydrogens is 885 g/mol. The van der Waals surface area contributed by atoms with Crippen LogP contribution in [0.25, 0.3) is 0 Å². The summed E-state index contributed by atoms with van der Waals surface area (Å²) in [7, 11) is -5.79. The lowest BCUT2D eigenvalue weighted by molar-refractivity contribution is -0.159. The molecule has 0 saturated heterocycles. The number of hydrogen-bond acceptors (Lipinski definition) is 17. The Kier molecular flexibility index (Phi) is 35.5. The molecule has 0 aliphatic carbocycles. The monoisotopic (exact) mass is 977 g/mol. The standard InChI is InChI=1S/C18H40O4Si2.C12H26O4Si.C8H14O5.C6H12O4/c1-12-20-16(19)13-15(22-24(10,11)18(5,6)7)14-21-23(8,9)17(2,3)4;1-7-15-11(14)8-10(9-13)16-17(5,6)12(2,3)4;1-3-12-7(10)5-6(9)8(11)13-4-2;1-2-10-6(9)3-5(8)4-7/h15H,12-14H2,1-11H3;10,13H,7-9H2,1-6H3;6,9H,3-5H2,1-2H3;5,7-8H,2-4H2,1H3/t15-;10-;6-;5-/m0000/s1. The van der Waals surface area contributed by atoms with Crippen LogP contribution in [0.5, 0.6) is 0 Å². The fraction of sp³-hybridized carbons (Fsp3) is 0.886. The van der Waals surface area contributed by atoms with Crippen molar-refractivity contribution in [1.82, 2.24) is 0 Å². The third-order valence-electron chi connectivity index (χ3n) is 10.7. The number of aliphatic hydroxyl groups is 4. The molecule has 0 rings (SSSR count). The lowest BCUT2D eigenvalue weighted by Crippen LogP contribution is -2.48. The zero-order valence-corrected chi connectivity index (χ0v) is 46.4. The summed E-state index contributed by atoms with van der Waals surface area (Å²) in [4.78, 5) is 55.4. The smallest absolute Gasteiger partial charge is 0.335 e. The molecule has 0 aliphatic rings. The van der Waals surface area contributed by atoms with Gasteiger partial charge in [-0.25, -0.2) is 4.79 Å². The molecule has 0 unspecified atom stereocenters. The van der Waals surface area contributed by atoms with Gasteiger partial charge in [0.25, 0.3) is 0 Å². The van der Waals surface area contributed by atoms with Crippen molar-refractivity contribution in [1.29, 1.82) is 0 Å². The summed E-state index contributed by atoms with van der Waals surface area (Å²) in [6.07, 6.45) is -3.20. The molecule has 0 bridgehead atoms. The maximum absolute atomic E-state index is 12.0. The average molecular weight is 977 g/mol. The number of hydrogen-bond donors (Lipinski definition) is 4. The molecule has 4 N–H and O–H groups in total. The molecule has 0 aromatic rings. The predicted octanol–water partition coefficient (Wildman–Crippen LogP) is 6.83. The van der Waals surface area contributed by atoms with Gasteiger partial charge in [-0.15, -0.1) is 0 Å². The molecule has 382 valence electrons. The fourth-order valence-electron chi connectivity index (χ4n) is 3.97. The van der Waals surface area contributed by atoms with Crippen LogP contribution >= 0.6 is 0 Å². The zero-order chi connectivity index (χ0) is 51.3. The first kappa shape index (κ1) is 68.3. The SMILES string of the molecule is CCOC(=O)C[C@@H](CO)O[Si](C)(C)C(C)(C)C.CCOC(=O)C[C@@H](CO[Si](C)(C)C(C)(C)C)O[Si](C)(C)C(C)(C)C.CCOC(=O)C[C@H](O)C(=O)OCC.CCOC(=O)C[C@H](O)CO. The summed E-state index contributed by atoms with van der Waals surface area (Å²) < 4.78 is 42.2. The molecule has 20 heteroatoms. The largest absolute Gasteiger partial charge is 0.466 e. The molecule has 17 nitrogen and oxygen atoms in total. The van der Waals surface area contributed by atoms with E-state index < -0.39 is 67.8 Å². The highest BCUT2D eigenvalue weighted by Gasteiger charge is 2.42. The molecule has 0 saturated carbocycles. The maximum atomic E-state index is 12.0. The first-order chi connectivity index (χ1) is 29.0. The summed E-state index contributed by atoms with van der Waals surface area (Å²) in [6, 6.07) is 0. The van der Waals surface area contributed by atoms with E-state index in [4.69, 9.17) is 38.1 Å². The normalized spacial score (nSPS) is 14.0. The highest BCUT2D eigenvalue weighted by molar-refractivity contribution is 6.75. The van der Waals surface area contributed by atoms with Gasteiger partial charge in [-0.05, 0) is 89.0 Å². The molecular formula is C44H92O17Si3. The highest BCUT2D eigenvalue weighted by Crippen LogP contribution is 2.40. The molecule has 0 aromatic heterocycles. The van der Waals surface area contributed by atoms with Gasteiger partial charge in [-0.3, -0.25) is 19.2 Å². The van der Waals surface area contributed by atoms with Crippen molar-refractivity contribution in [3.8, 4) is 0 Å². The Morgan fingerprint density at radius 1 is 0.453 bits per heavy atom. The van der Waals surface area contributed by atoms with Gasteiger partial charge in [-0.1, -0.05) is 62.3 Å². The minimum absolute atomic E-state index is 0.0646. The van der Waals surface area contributed by atoms with Crippen molar-refractivity contribution in [2.24, 2.45) is 0 Å². The van der Waals surface area contributed by atoms with E-state index in [1.54, 1.807) is 27.7 Å². The van der Waals surface area contributed by atoms with Crippen molar-refractivity contribution >= 4 is 54.8 Å². The molecule has 0 aromatic carbocycles. The van der Waals surface area contributed by atoms with Gasteiger partial charge in [0.05, 0.1) is 96.9 Å². The summed E-state index contributed by atoms with van der Waals surface area (Å²) >= 11 is 0. The predicted molar refractivity (Wildman–Crippen MR) is 255 cm³/mol. The first-order valence-corrected chi connectivity index (χ1v) is 31.1. The van der Waals surface area contributed by atoms with Crippen LogP contribution in [0.2, 0.25) is 54.4 Å². The first-order valence-electron chi connectivity index (χ1n) is 22.4. The van der Waals surface area contributed by atoms with E-state index in [-0.39, 0.29) is 78.7 Å². The van der Waals surface area contributed by atoms with Crippen LogP contribution in [0, 0.1) is 0 Å².